The largest absolute Gasteiger partial charge is 0.371 e. The molecule has 0 radical (unpaired) electrons. The van der Waals surface area contributed by atoms with Gasteiger partial charge in [0.2, 0.25) is 0 Å². The summed E-state index contributed by atoms with van der Waals surface area (Å²) in [5.74, 6) is 0.865. The van der Waals surface area contributed by atoms with Gasteiger partial charge in [-0.05, 0) is 32.4 Å². The van der Waals surface area contributed by atoms with Gasteiger partial charge in [0.05, 0.1) is 23.9 Å². The predicted molar refractivity (Wildman–Crippen MR) is 90.8 cm³/mol. The lowest BCUT2D eigenvalue weighted by molar-refractivity contribution is 0.0119. The summed E-state index contributed by atoms with van der Waals surface area (Å²) in [6.07, 6.45) is 3.44. The Kier molecular flexibility index (Phi) is 4.21. The fraction of sp³-hybridized carbons (Fsp3) is 0.556. The number of hydrogen-bond donors (Lipinski definition) is 1. The summed E-state index contributed by atoms with van der Waals surface area (Å²) >= 11 is 0. The third-order valence-corrected chi connectivity index (χ3v) is 5.27. The number of ether oxygens (including phenoxy) is 1. The van der Waals surface area contributed by atoms with Crippen LogP contribution < -0.4 is 5.32 Å². The highest BCUT2D eigenvalue weighted by atomic mass is 19.1. The van der Waals surface area contributed by atoms with E-state index >= 15 is 0 Å². The van der Waals surface area contributed by atoms with Crippen LogP contribution >= 0.6 is 0 Å². The van der Waals surface area contributed by atoms with Gasteiger partial charge in [-0.15, -0.1) is 0 Å². The van der Waals surface area contributed by atoms with E-state index in [9.17, 15) is 4.39 Å². The third-order valence-electron chi connectivity index (χ3n) is 5.27. The van der Waals surface area contributed by atoms with E-state index in [2.05, 4.69) is 20.4 Å². The summed E-state index contributed by atoms with van der Waals surface area (Å²) in [5.41, 5.74) is 1.97. The number of hydrogen-bond acceptors (Lipinski definition) is 6. The Hall–Kier alpha value is -1.99. The molecule has 7 heteroatoms. The first-order valence-corrected chi connectivity index (χ1v) is 8.70. The van der Waals surface area contributed by atoms with Crippen molar-refractivity contribution in [2.75, 3.05) is 25.0 Å². The van der Waals surface area contributed by atoms with Gasteiger partial charge < -0.3 is 14.6 Å². The maximum absolute atomic E-state index is 13.8. The Bertz CT molecular complexity index is 746. The highest BCUT2D eigenvalue weighted by molar-refractivity contribution is 5.37. The summed E-state index contributed by atoms with van der Waals surface area (Å²) in [4.78, 5) is 6.46. The van der Waals surface area contributed by atoms with Crippen LogP contribution in [0.2, 0.25) is 0 Å². The van der Waals surface area contributed by atoms with E-state index < -0.39 is 0 Å². The Morgan fingerprint density at radius 1 is 1.44 bits per heavy atom. The maximum atomic E-state index is 13.8. The van der Waals surface area contributed by atoms with E-state index in [0.717, 1.165) is 43.9 Å². The van der Waals surface area contributed by atoms with Crippen LogP contribution in [0.15, 0.2) is 22.9 Å². The number of halogens is 1. The van der Waals surface area contributed by atoms with E-state index in [1.54, 1.807) is 12.3 Å². The van der Waals surface area contributed by atoms with E-state index in [1.165, 1.54) is 11.6 Å². The fourth-order valence-electron chi connectivity index (χ4n) is 3.92. The molecule has 2 fully saturated rings. The molecule has 1 N–H and O–H groups in total. The molecule has 2 aromatic heterocycles. The van der Waals surface area contributed by atoms with Gasteiger partial charge in [-0.2, -0.15) is 0 Å². The lowest BCUT2D eigenvalue weighted by Crippen LogP contribution is -2.33. The molecule has 25 heavy (non-hydrogen) atoms. The number of nitrogens with zero attached hydrogens (tertiary/aromatic N) is 3. The summed E-state index contributed by atoms with van der Waals surface area (Å²) in [5, 5.41) is 7.21. The quantitative estimate of drug-likeness (QED) is 0.918. The second kappa shape index (κ2) is 6.38. The van der Waals surface area contributed by atoms with Crippen LogP contribution in [0.4, 0.5) is 10.2 Å². The molecule has 0 aliphatic carbocycles. The van der Waals surface area contributed by atoms with E-state index in [1.807, 2.05) is 13.8 Å². The molecule has 4 rings (SSSR count). The van der Waals surface area contributed by atoms with Crippen LogP contribution in [0.1, 0.15) is 29.9 Å². The molecular formula is C18H23FN4O2. The van der Waals surface area contributed by atoms with Crippen LogP contribution in [0.5, 0.6) is 0 Å². The average molecular weight is 346 g/mol. The van der Waals surface area contributed by atoms with Crippen molar-refractivity contribution >= 4 is 5.82 Å². The molecule has 0 aromatic carbocycles. The smallest absolute Gasteiger partial charge is 0.165 e. The number of pyridine rings is 1. The lowest BCUT2D eigenvalue weighted by atomic mass is 9.97. The van der Waals surface area contributed by atoms with Crippen molar-refractivity contribution in [2.24, 2.45) is 0 Å². The average Bonchev–Trinajstić information content (AvgIpc) is 3.27. The molecule has 2 aliphatic heterocycles. The van der Waals surface area contributed by atoms with Gasteiger partial charge in [0.1, 0.15) is 5.76 Å². The minimum absolute atomic E-state index is 0.0865. The molecule has 2 aliphatic rings. The molecular weight excluding hydrogens is 323 g/mol. The van der Waals surface area contributed by atoms with Crippen molar-refractivity contribution < 1.29 is 13.7 Å². The van der Waals surface area contributed by atoms with Gasteiger partial charge >= 0.3 is 0 Å². The van der Waals surface area contributed by atoms with Crippen LogP contribution in [-0.2, 0) is 11.3 Å². The zero-order valence-corrected chi connectivity index (χ0v) is 14.6. The maximum Gasteiger partial charge on any atom is 0.165 e. The first-order valence-electron chi connectivity index (χ1n) is 8.70. The van der Waals surface area contributed by atoms with Gasteiger partial charge in [0, 0.05) is 37.8 Å². The molecule has 2 saturated heterocycles. The normalized spacial score (nSPS) is 26.6. The van der Waals surface area contributed by atoms with Crippen LogP contribution in [0, 0.1) is 19.7 Å². The summed E-state index contributed by atoms with van der Waals surface area (Å²) in [7, 11) is 0. The number of nitrogens with one attached hydrogen (secondary N) is 1. The summed E-state index contributed by atoms with van der Waals surface area (Å²) in [6.45, 7) is 7.20. The van der Waals surface area contributed by atoms with E-state index in [4.69, 9.17) is 9.26 Å². The molecule has 2 aromatic rings. The molecule has 2 atom stereocenters. The predicted octanol–water partition coefficient (Wildman–Crippen LogP) is 2.67. The first kappa shape index (κ1) is 16.5. The molecule has 1 spiro atoms. The molecule has 0 saturated carbocycles. The van der Waals surface area contributed by atoms with Crippen LogP contribution in [0.3, 0.4) is 0 Å². The van der Waals surface area contributed by atoms with Crippen molar-refractivity contribution in [2.45, 2.75) is 44.9 Å². The number of rotatable bonds is 4. The van der Waals surface area contributed by atoms with Crippen LogP contribution in [-0.4, -0.2) is 46.4 Å². The molecule has 134 valence electrons. The highest BCUT2D eigenvalue weighted by Gasteiger charge is 2.45. The molecule has 6 nitrogen and oxygen atoms in total. The lowest BCUT2D eigenvalue weighted by Gasteiger charge is -2.23. The SMILES string of the molecule is Cc1noc(C)c1CN1CC[C@]2(C[C@@H](Nc3ncccc3F)CO2)C1. The number of likely N-dealkylation sites (tertiary alicyclic amines) is 1. The van der Waals surface area contributed by atoms with Crippen molar-refractivity contribution in [3.8, 4) is 0 Å². The fourth-order valence-corrected chi connectivity index (χ4v) is 3.92. The minimum atomic E-state index is -0.324. The van der Waals surface area contributed by atoms with E-state index in [0.29, 0.717) is 12.4 Å². The zero-order chi connectivity index (χ0) is 17.4. The standard InChI is InChI=1S/C18H23FN4O2/c1-12-15(13(2)25-22-12)9-23-7-5-18(11-23)8-14(10-24-18)21-17-16(19)4-3-6-20-17/h3-4,6,14H,5,7-11H2,1-2H3,(H,20,21)/t14-,18+/m1/s1. The van der Waals surface area contributed by atoms with Crippen LogP contribution in [0.25, 0.3) is 0 Å². The molecule has 0 unspecified atom stereocenters. The third kappa shape index (κ3) is 3.26. The van der Waals surface area contributed by atoms with Gasteiger partial charge in [0.15, 0.2) is 11.6 Å². The monoisotopic (exact) mass is 346 g/mol. The number of aryl methyl sites for hydroxylation is 2. The number of anilines is 1. The Labute approximate surface area is 146 Å². The molecule has 0 amide bonds. The van der Waals surface area contributed by atoms with Gasteiger partial charge in [-0.25, -0.2) is 9.37 Å². The highest BCUT2D eigenvalue weighted by Crippen LogP contribution is 2.37. The summed E-state index contributed by atoms with van der Waals surface area (Å²) < 4.78 is 25.2. The van der Waals surface area contributed by atoms with Crippen molar-refractivity contribution in [1.82, 2.24) is 15.0 Å². The zero-order valence-electron chi connectivity index (χ0n) is 14.6. The second-order valence-corrected chi connectivity index (χ2v) is 7.14. The van der Waals surface area contributed by atoms with Crippen molar-refractivity contribution in [1.29, 1.82) is 0 Å². The Morgan fingerprint density at radius 2 is 2.32 bits per heavy atom. The Morgan fingerprint density at radius 3 is 3.08 bits per heavy atom. The van der Waals surface area contributed by atoms with Crippen molar-refractivity contribution in [3.63, 3.8) is 0 Å². The number of aromatic nitrogens is 2. The van der Waals surface area contributed by atoms with Gasteiger partial charge in [-0.3, -0.25) is 4.90 Å². The van der Waals surface area contributed by atoms with Gasteiger partial charge in [-0.1, -0.05) is 5.16 Å². The molecule has 0 bridgehead atoms. The summed E-state index contributed by atoms with van der Waals surface area (Å²) in [6, 6.07) is 3.10. The van der Waals surface area contributed by atoms with E-state index in [-0.39, 0.29) is 17.5 Å². The van der Waals surface area contributed by atoms with Gasteiger partial charge in [0.25, 0.3) is 0 Å². The second-order valence-electron chi connectivity index (χ2n) is 7.14. The van der Waals surface area contributed by atoms with Crippen molar-refractivity contribution in [3.05, 3.63) is 41.2 Å². The topological polar surface area (TPSA) is 63.4 Å². The first-order chi connectivity index (χ1) is 12.0. The Balaban J connectivity index is 1.37. The minimum Gasteiger partial charge on any atom is -0.371 e. The molecule has 4 heterocycles.